The van der Waals surface area contributed by atoms with Crippen molar-refractivity contribution in [3.63, 3.8) is 0 Å². The minimum Gasteiger partial charge on any atom is -0.381 e. The lowest BCUT2D eigenvalue weighted by Crippen LogP contribution is -2.57. The van der Waals surface area contributed by atoms with Crippen LogP contribution in [0.5, 0.6) is 0 Å². The molecule has 3 atom stereocenters. The zero-order valence-corrected chi connectivity index (χ0v) is 21.4. The van der Waals surface area contributed by atoms with Gasteiger partial charge in [0.25, 0.3) is 0 Å². The molecule has 3 amide bonds. The fourth-order valence-electron chi connectivity index (χ4n) is 5.33. The molecule has 3 aliphatic rings. The summed E-state index contributed by atoms with van der Waals surface area (Å²) in [5.74, 6) is 0.439. The number of carbonyl (C=O) groups excluding carboxylic acids is 3. The van der Waals surface area contributed by atoms with Crippen LogP contribution in [0.1, 0.15) is 66.2 Å². The normalized spacial score (nSPS) is 29.5. The van der Waals surface area contributed by atoms with Gasteiger partial charge in [0, 0.05) is 24.6 Å². The fraction of sp³-hybridized carbons (Fsp3) is 0.808. The summed E-state index contributed by atoms with van der Waals surface area (Å²) in [4.78, 5) is 41.3. The molecule has 2 fully saturated rings. The van der Waals surface area contributed by atoms with Gasteiger partial charge < -0.3 is 20.7 Å². The van der Waals surface area contributed by atoms with Gasteiger partial charge in [0.1, 0.15) is 6.04 Å². The highest BCUT2D eigenvalue weighted by Gasteiger charge is 2.42. The SMILES string of the molecule is CC(C)C[C@H]1NC(=O)C2(C/C=C\C[C@@H]3COCC[C@@H]3NC1=O)CCN(CC(=O)NC(C)C)CC2. The van der Waals surface area contributed by atoms with E-state index in [2.05, 4.69) is 46.8 Å². The second kappa shape index (κ2) is 12.2. The molecule has 3 aliphatic heterocycles. The Labute approximate surface area is 204 Å². The third-order valence-corrected chi connectivity index (χ3v) is 7.36. The summed E-state index contributed by atoms with van der Waals surface area (Å²) in [5.41, 5.74) is -0.557. The highest BCUT2D eigenvalue weighted by atomic mass is 16.5. The number of fused-ring (bicyclic) bond motifs is 1. The molecule has 0 aromatic carbocycles. The van der Waals surface area contributed by atoms with E-state index in [0.717, 1.165) is 12.8 Å². The molecule has 0 radical (unpaired) electrons. The average molecular weight is 477 g/mol. The summed E-state index contributed by atoms with van der Waals surface area (Å²) in [7, 11) is 0. The molecule has 3 N–H and O–H groups in total. The number of rotatable bonds is 5. The largest absolute Gasteiger partial charge is 0.381 e. The van der Waals surface area contributed by atoms with Gasteiger partial charge in [-0.1, -0.05) is 26.0 Å². The Morgan fingerprint density at radius 3 is 2.59 bits per heavy atom. The maximum atomic E-state index is 13.7. The van der Waals surface area contributed by atoms with Gasteiger partial charge in [-0.25, -0.2) is 0 Å². The van der Waals surface area contributed by atoms with Crippen LogP contribution in [0.2, 0.25) is 0 Å². The maximum Gasteiger partial charge on any atom is 0.242 e. The van der Waals surface area contributed by atoms with Crippen LogP contribution >= 0.6 is 0 Å². The Hall–Kier alpha value is -1.93. The van der Waals surface area contributed by atoms with Crippen molar-refractivity contribution in [1.82, 2.24) is 20.9 Å². The predicted molar refractivity (Wildman–Crippen MR) is 132 cm³/mol. The third kappa shape index (κ3) is 7.28. The molecule has 0 unspecified atom stereocenters. The first kappa shape index (κ1) is 26.7. The zero-order chi connectivity index (χ0) is 24.7. The predicted octanol–water partition coefficient (Wildman–Crippen LogP) is 2.00. The molecule has 1 spiro atoms. The summed E-state index contributed by atoms with van der Waals surface area (Å²) in [6.07, 6.45) is 8.54. The standard InChI is InChI=1S/C26H44N4O4/c1-18(2)15-22-24(32)28-21-8-14-34-17-20(21)7-5-6-9-26(25(33)29-22)10-12-30(13-11-26)16-23(31)27-19(3)4/h5-6,18-22H,7-17H2,1-4H3,(H,27,31)(H,28,32)(H,29,33)/b6-5-/t20-,21+,22-/m1/s1. The smallest absolute Gasteiger partial charge is 0.242 e. The Balaban J connectivity index is 1.75. The Morgan fingerprint density at radius 2 is 1.91 bits per heavy atom. The van der Waals surface area contributed by atoms with Crippen LogP contribution in [0.3, 0.4) is 0 Å². The van der Waals surface area contributed by atoms with Crippen LogP contribution in [0.15, 0.2) is 12.2 Å². The molecule has 0 saturated carbocycles. The first-order valence-electron chi connectivity index (χ1n) is 13.0. The van der Waals surface area contributed by atoms with Gasteiger partial charge in [-0.3, -0.25) is 19.3 Å². The topological polar surface area (TPSA) is 99.8 Å². The second-order valence-corrected chi connectivity index (χ2v) is 11.1. The molecule has 34 heavy (non-hydrogen) atoms. The van der Waals surface area contributed by atoms with Crippen LogP contribution in [-0.2, 0) is 19.1 Å². The van der Waals surface area contributed by atoms with Crippen LogP contribution in [0.4, 0.5) is 0 Å². The molecule has 0 bridgehead atoms. The highest BCUT2D eigenvalue weighted by molar-refractivity contribution is 5.90. The molecule has 192 valence electrons. The molecule has 2 saturated heterocycles. The summed E-state index contributed by atoms with van der Waals surface area (Å²) in [5, 5.41) is 9.31. The van der Waals surface area contributed by atoms with E-state index in [0.29, 0.717) is 58.5 Å². The number of nitrogens with zero attached hydrogens (tertiary/aromatic N) is 1. The molecular formula is C26H44N4O4. The van der Waals surface area contributed by atoms with Crippen LogP contribution in [0.25, 0.3) is 0 Å². The number of allylic oxidation sites excluding steroid dienone is 2. The van der Waals surface area contributed by atoms with E-state index in [4.69, 9.17) is 4.74 Å². The Morgan fingerprint density at radius 1 is 1.18 bits per heavy atom. The zero-order valence-electron chi connectivity index (χ0n) is 21.4. The summed E-state index contributed by atoms with van der Waals surface area (Å²) < 4.78 is 5.69. The van der Waals surface area contributed by atoms with Crippen LogP contribution in [0, 0.1) is 17.3 Å². The lowest BCUT2D eigenvalue weighted by molar-refractivity contribution is -0.138. The van der Waals surface area contributed by atoms with Crippen molar-refractivity contribution in [2.24, 2.45) is 17.3 Å². The van der Waals surface area contributed by atoms with E-state index in [1.54, 1.807) is 0 Å². The molecule has 8 heteroatoms. The average Bonchev–Trinajstić information content (AvgIpc) is 2.77. The van der Waals surface area contributed by atoms with Crippen molar-refractivity contribution < 1.29 is 19.1 Å². The molecule has 0 aromatic heterocycles. The quantitative estimate of drug-likeness (QED) is 0.527. The molecule has 0 aliphatic carbocycles. The monoisotopic (exact) mass is 476 g/mol. The molecule has 3 heterocycles. The number of piperidine rings is 1. The molecule has 0 aromatic rings. The molecule has 3 rings (SSSR count). The van der Waals surface area contributed by atoms with E-state index < -0.39 is 11.5 Å². The first-order valence-corrected chi connectivity index (χ1v) is 13.0. The van der Waals surface area contributed by atoms with Crippen LogP contribution in [-0.4, -0.2) is 73.6 Å². The maximum absolute atomic E-state index is 13.7. The van der Waals surface area contributed by atoms with Gasteiger partial charge in [-0.2, -0.15) is 0 Å². The van der Waals surface area contributed by atoms with Crippen molar-refractivity contribution >= 4 is 17.7 Å². The van der Waals surface area contributed by atoms with Gasteiger partial charge in [0.15, 0.2) is 0 Å². The van der Waals surface area contributed by atoms with E-state index in [1.807, 2.05) is 13.8 Å². The van der Waals surface area contributed by atoms with Gasteiger partial charge in [0.2, 0.25) is 17.7 Å². The fourth-order valence-corrected chi connectivity index (χ4v) is 5.33. The minimum atomic E-state index is -0.557. The van der Waals surface area contributed by atoms with E-state index in [-0.39, 0.29) is 41.6 Å². The van der Waals surface area contributed by atoms with Gasteiger partial charge in [-0.05, 0) is 71.4 Å². The van der Waals surface area contributed by atoms with Crippen molar-refractivity contribution in [3.8, 4) is 0 Å². The van der Waals surface area contributed by atoms with Crippen molar-refractivity contribution in [2.45, 2.75) is 84.3 Å². The first-order chi connectivity index (χ1) is 16.2. The summed E-state index contributed by atoms with van der Waals surface area (Å²) in [6.45, 7) is 11.1. The number of nitrogens with one attached hydrogen (secondary N) is 3. The number of likely N-dealkylation sites (tertiary alicyclic amines) is 1. The minimum absolute atomic E-state index is 0.0203. The van der Waals surface area contributed by atoms with E-state index >= 15 is 0 Å². The number of amides is 3. The van der Waals surface area contributed by atoms with Crippen LogP contribution < -0.4 is 16.0 Å². The third-order valence-electron chi connectivity index (χ3n) is 7.36. The van der Waals surface area contributed by atoms with Gasteiger partial charge in [-0.15, -0.1) is 0 Å². The number of hydrogen-bond donors (Lipinski definition) is 3. The molecule has 8 nitrogen and oxygen atoms in total. The molecular weight excluding hydrogens is 432 g/mol. The van der Waals surface area contributed by atoms with Gasteiger partial charge >= 0.3 is 0 Å². The Bertz CT molecular complexity index is 743. The number of ether oxygens (including phenoxy) is 1. The summed E-state index contributed by atoms with van der Waals surface area (Å²) >= 11 is 0. The van der Waals surface area contributed by atoms with Crippen molar-refractivity contribution in [2.75, 3.05) is 32.8 Å². The van der Waals surface area contributed by atoms with E-state index in [9.17, 15) is 14.4 Å². The number of carbonyl (C=O) groups is 3. The van der Waals surface area contributed by atoms with Crippen molar-refractivity contribution in [1.29, 1.82) is 0 Å². The lowest BCUT2D eigenvalue weighted by Gasteiger charge is -2.41. The van der Waals surface area contributed by atoms with Gasteiger partial charge in [0.05, 0.1) is 18.6 Å². The van der Waals surface area contributed by atoms with E-state index in [1.165, 1.54) is 0 Å². The second-order valence-electron chi connectivity index (χ2n) is 11.1. The lowest BCUT2D eigenvalue weighted by atomic mass is 9.74. The summed E-state index contributed by atoms with van der Waals surface area (Å²) in [6, 6.07) is -0.346. The Kier molecular flexibility index (Phi) is 9.54. The van der Waals surface area contributed by atoms with Crippen molar-refractivity contribution in [3.05, 3.63) is 12.2 Å². The highest BCUT2D eigenvalue weighted by Crippen LogP contribution is 2.36. The number of hydrogen-bond acceptors (Lipinski definition) is 5.